The van der Waals surface area contributed by atoms with Crippen molar-refractivity contribution in [2.24, 2.45) is 0 Å². The molecule has 2 fully saturated rings. The Hall–Kier alpha value is -3.75. The van der Waals surface area contributed by atoms with Crippen molar-refractivity contribution in [3.8, 4) is 12.1 Å². The van der Waals surface area contributed by atoms with Crippen LogP contribution in [0.1, 0.15) is 41.6 Å². The Morgan fingerprint density at radius 1 is 1.17 bits per heavy atom. The quantitative estimate of drug-likeness (QED) is 0.462. The molecule has 1 aromatic heterocycles. The van der Waals surface area contributed by atoms with Gasteiger partial charge in [-0.2, -0.15) is 15.2 Å². The summed E-state index contributed by atoms with van der Waals surface area (Å²) in [6.07, 6.45) is 3.98. The number of carbonyl (C=O) groups is 1. The molecule has 0 spiro atoms. The zero-order valence-electron chi connectivity index (χ0n) is 24.2. The van der Waals surface area contributed by atoms with Crippen LogP contribution in [-0.4, -0.2) is 90.7 Å². The number of hydrogen-bond acceptors (Lipinski definition) is 9. The molecule has 2 saturated heterocycles. The van der Waals surface area contributed by atoms with Gasteiger partial charge in [-0.1, -0.05) is 18.7 Å². The van der Waals surface area contributed by atoms with E-state index in [0.717, 1.165) is 62.5 Å². The molecule has 4 aliphatic rings. The standard InChI is InChI=1S/C31H38FN7O3/c1-21(32)30(40)39-15-14-38(17-23(39)8-11-33)29-25-9-13-37(28-7-3-5-22-10-16-41-20-26(22)28)18-27(25)34-31(35-29)42-19-24-6-4-12-36(24)2/h3,5,7,23-24H,1,4,6,8-10,12-20H2,2H3/t23-,24-/m0/s1. The lowest BCUT2D eigenvalue weighted by Crippen LogP contribution is -2.55. The number of nitrogens with zero attached hydrogens (tertiary/aromatic N) is 7. The summed E-state index contributed by atoms with van der Waals surface area (Å²) in [5.74, 6) is -0.982. The summed E-state index contributed by atoms with van der Waals surface area (Å²) in [6, 6.07) is 8.83. The molecule has 11 heteroatoms. The van der Waals surface area contributed by atoms with Gasteiger partial charge in [0.1, 0.15) is 12.4 Å². The van der Waals surface area contributed by atoms with Gasteiger partial charge in [0.05, 0.1) is 44.0 Å². The maximum Gasteiger partial charge on any atom is 0.318 e. The van der Waals surface area contributed by atoms with Gasteiger partial charge in [0.25, 0.3) is 5.91 Å². The van der Waals surface area contributed by atoms with Crippen LogP contribution < -0.4 is 14.5 Å². The average molecular weight is 576 g/mol. The van der Waals surface area contributed by atoms with Gasteiger partial charge < -0.3 is 29.1 Å². The number of nitriles is 1. The molecule has 0 radical (unpaired) electrons. The Kier molecular flexibility index (Phi) is 8.27. The van der Waals surface area contributed by atoms with Crippen molar-refractivity contribution < 1.29 is 18.7 Å². The van der Waals surface area contributed by atoms with Crippen LogP contribution in [0.2, 0.25) is 0 Å². The first kappa shape index (κ1) is 28.4. The largest absolute Gasteiger partial charge is 0.462 e. The van der Waals surface area contributed by atoms with Crippen molar-refractivity contribution in [2.45, 2.75) is 57.3 Å². The van der Waals surface area contributed by atoms with Crippen molar-refractivity contribution in [1.29, 1.82) is 5.26 Å². The highest BCUT2D eigenvalue weighted by Gasteiger charge is 2.35. The van der Waals surface area contributed by atoms with Gasteiger partial charge in [0, 0.05) is 49.0 Å². The Labute approximate surface area is 246 Å². The Morgan fingerprint density at radius 2 is 2.05 bits per heavy atom. The van der Waals surface area contributed by atoms with Gasteiger partial charge in [-0.05, 0) is 50.9 Å². The van der Waals surface area contributed by atoms with Gasteiger partial charge in [-0.25, -0.2) is 4.39 Å². The third-order valence-corrected chi connectivity index (χ3v) is 9.05. The maximum absolute atomic E-state index is 13.8. The van der Waals surface area contributed by atoms with Gasteiger partial charge in [-0.3, -0.25) is 4.79 Å². The van der Waals surface area contributed by atoms with Gasteiger partial charge in [-0.15, -0.1) is 0 Å². The van der Waals surface area contributed by atoms with Crippen molar-refractivity contribution in [1.82, 2.24) is 19.8 Å². The van der Waals surface area contributed by atoms with Crippen LogP contribution in [-0.2, 0) is 35.5 Å². The molecule has 4 aliphatic heterocycles. The van der Waals surface area contributed by atoms with Gasteiger partial charge in [0.2, 0.25) is 0 Å². The van der Waals surface area contributed by atoms with Gasteiger partial charge >= 0.3 is 6.01 Å². The van der Waals surface area contributed by atoms with Crippen molar-refractivity contribution in [3.05, 3.63) is 53.0 Å². The molecule has 1 aromatic carbocycles. The van der Waals surface area contributed by atoms with Crippen LogP contribution in [0.5, 0.6) is 6.01 Å². The highest BCUT2D eigenvalue weighted by Crippen LogP contribution is 2.35. The number of benzene rings is 1. The van der Waals surface area contributed by atoms with Crippen LogP contribution in [0.4, 0.5) is 15.9 Å². The van der Waals surface area contributed by atoms with E-state index >= 15 is 0 Å². The number of ether oxygens (including phenoxy) is 2. The fraction of sp³-hybridized carbons (Fsp3) is 0.548. The number of carbonyl (C=O) groups excluding carboxylic acids is 1. The van der Waals surface area contributed by atoms with E-state index in [-0.39, 0.29) is 13.0 Å². The molecule has 6 rings (SSSR count). The summed E-state index contributed by atoms with van der Waals surface area (Å²) in [4.78, 5) is 30.5. The molecule has 2 atom stereocenters. The predicted molar refractivity (Wildman–Crippen MR) is 156 cm³/mol. The fourth-order valence-corrected chi connectivity index (χ4v) is 6.71. The van der Waals surface area contributed by atoms with E-state index in [1.54, 1.807) is 0 Å². The minimum Gasteiger partial charge on any atom is -0.462 e. The van der Waals surface area contributed by atoms with Crippen LogP contribution in [0.25, 0.3) is 0 Å². The van der Waals surface area contributed by atoms with Crippen molar-refractivity contribution in [2.75, 3.05) is 62.8 Å². The summed E-state index contributed by atoms with van der Waals surface area (Å²) in [5.41, 5.74) is 5.74. The number of fused-ring (bicyclic) bond motifs is 2. The Balaban J connectivity index is 1.31. The van der Waals surface area contributed by atoms with Gasteiger partial charge in [0.15, 0.2) is 5.83 Å². The minimum absolute atomic E-state index is 0.0924. The van der Waals surface area contributed by atoms with E-state index in [2.05, 4.69) is 52.6 Å². The molecule has 42 heavy (non-hydrogen) atoms. The van der Waals surface area contributed by atoms with Crippen molar-refractivity contribution >= 4 is 17.4 Å². The molecule has 0 bridgehead atoms. The lowest BCUT2D eigenvalue weighted by Gasteiger charge is -2.42. The normalized spacial score (nSPS) is 22.4. The summed E-state index contributed by atoms with van der Waals surface area (Å²) in [7, 11) is 2.12. The highest BCUT2D eigenvalue weighted by atomic mass is 19.1. The highest BCUT2D eigenvalue weighted by molar-refractivity contribution is 5.91. The average Bonchev–Trinajstić information content (AvgIpc) is 3.43. The molecule has 0 saturated carbocycles. The molecule has 0 aliphatic carbocycles. The number of likely N-dealkylation sites (tertiary alicyclic amines) is 1. The van der Waals surface area contributed by atoms with Crippen LogP contribution in [0, 0.1) is 11.3 Å². The Morgan fingerprint density at radius 3 is 2.83 bits per heavy atom. The summed E-state index contributed by atoms with van der Waals surface area (Å²) >= 11 is 0. The van der Waals surface area contributed by atoms with Crippen LogP contribution in [0.15, 0.2) is 30.6 Å². The predicted octanol–water partition coefficient (Wildman–Crippen LogP) is 3.00. The SMILES string of the molecule is C=C(F)C(=O)N1CCN(c2nc(OC[C@@H]3CCCN3C)nc3c2CCN(c2cccc4c2COCC4)C3)C[C@@H]1CC#N. The molecule has 1 amide bonds. The van der Waals surface area contributed by atoms with E-state index in [1.165, 1.54) is 21.7 Å². The lowest BCUT2D eigenvalue weighted by atomic mass is 9.98. The van der Waals surface area contributed by atoms with E-state index in [0.29, 0.717) is 44.9 Å². The third-order valence-electron chi connectivity index (χ3n) is 9.05. The molecule has 5 heterocycles. The van der Waals surface area contributed by atoms with Crippen LogP contribution >= 0.6 is 0 Å². The van der Waals surface area contributed by atoms with E-state index in [9.17, 15) is 14.4 Å². The summed E-state index contributed by atoms with van der Waals surface area (Å²) in [6.45, 7) is 8.63. The number of aromatic nitrogens is 2. The number of halogens is 1. The number of hydrogen-bond donors (Lipinski definition) is 0. The third kappa shape index (κ3) is 5.65. The maximum atomic E-state index is 13.8. The van der Waals surface area contributed by atoms with E-state index < -0.39 is 17.8 Å². The number of amides is 1. The molecule has 0 N–H and O–H groups in total. The molecule has 222 valence electrons. The molecule has 10 nitrogen and oxygen atoms in total. The van der Waals surface area contributed by atoms with Crippen LogP contribution in [0.3, 0.4) is 0 Å². The molecule has 0 unspecified atom stereocenters. The van der Waals surface area contributed by atoms with E-state index in [1.807, 2.05) is 0 Å². The minimum atomic E-state index is -1.01. The second kappa shape index (κ2) is 12.2. The molecular weight excluding hydrogens is 537 g/mol. The van der Waals surface area contributed by atoms with Crippen molar-refractivity contribution in [3.63, 3.8) is 0 Å². The van der Waals surface area contributed by atoms with E-state index in [4.69, 9.17) is 19.4 Å². The lowest BCUT2D eigenvalue weighted by molar-refractivity contribution is -0.131. The first-order valence-corrected chi connectivity index (χ1v) is 14.9. The molecular formula is C31H38FN7O3. The monoisotopic (exact) mass is 575 g/mol. The number of piperazine rings is 1. The topological polar surface area (TPSA) is 98.1 Å². The zero-order chi connectivity index (χ0) is 29.2. The first-order valence-electron chi connectivity index (χ1n) is 14.9. The second-order valence-electron chi connectivity index (χ2n) is 11.6. The number of rotatable bonds is 7. The zero-order valence-corrected chi connectivity index (χ0v) is 24.2. The Bertz CT molecular complexity index is 1400. The second-order valence-corrected chi connectivity index (χ2v) is 11.6. The fourth-order valence-electron chi connectivity index (χ4n) is 6.71. The summed E-state index contributed by atoms with van der Waals surface area (Å²) < 4.78 is 25.8. The number of anilines is 2. The smallest absolute Gasteiger partial charge is 0.318 e. The summed E-state index contributed by atoms with van der Waals surface area (Å²) in [5, 5.41) is 9.48. The number of likely N-dealkylation sites (N-methyl/N-ethyl adjacent to an activating group) is 1. The molecule has 2 aromatic rings. The first-order chi connectivity index (χ1) is 20.4.